The van der Waals surface area contributed by atoms with E-state index in [4.69, 9.17) is 11.6 Å². The normalized spacial score (nSPS) is 10.3. The highest BCUT2D eigenvalue weighted by Gasteiger charge is 2.10. The summed E-state index contributed by atoms with van der Waals surface area (Å²) in [6, 6.07) is 3.55. The third-order valence-electron chi connectivity index (χ3n) is 2.05. The first-order chi connectivity index (χ1) is 8.06. The second-order valence-electron chi connectivity index (χ2n) is 3.44. The number of hydrogen-bond donors (Lipinski definition) is 1. The molecule has 3 nitrogen and oxygen atoms in total. The molecule has 0 aromatic carbocycles. The standard InChI is InChI=1S/C11H8BrClN2OS/c1-6-2-8(10(13)14-4-6)15-11(16)7-3-9(12)17-5-7/h2-5H,1H3,(H,15,16). The van der Waals surface area contributed by atoms with Crippen molar-refractivity contribution in [3.8, 4) is 0 Å². The molecule has 1 amide bonds. The van der Waals surface area contributed by atoms with Crippen molar-refractivity contribution in [1.82, 2.24) is 4.98 Å². The topological polar surface area (TPSA) is 42.0 Å². The predicted octanol–water partition coefficient (Wildman–Crippen LogP) is 4.12. The molecule has 0 saturated heterocycles. The number of thiophene rings is 1. The number of anilines is 1. The summed E-state index contributed by atoms with van der Waals surface area (Å²) < 4.78 is 0.913. The molecule has 0 aliphatic rings. The zero-order valence-electron chi connectivity index (χ0n) is 8.83. The highest BCUT2D eigenvalue weighted by Crippen LogP contribution is 2.24. The fraction of sp³-hybridized carbons (Fsp3) is 0.0909. The second kappa shape index (κ2) is 5.16. The Morgan fingerprint density at radius 3 is 2.94 bits per heavy atom. The van der Waals surface area contributed by atoms with Gasteiger partial charge in [0, 0.05) is 11.6 Å². The Kier molecular flexibility index (Phi) is 3.81. The average Bonchev–Trinajstić information content (AvgIpc) is 2.70. The molecule has 1 N–H and O–H groups in total. The largest absolute Gasteiger partial charge is 0.319 e. The van der Waals surface area contributed by atoms with Crippen LogP contribution in [0.15, 0.2) is 27.5 Å². The van der Waals surface area contributed by atoms with Gasteiger partial charge >= 0.3 is 0 Å². The van der Waals surface area contributed by atoms with Crippen molar-refractivity contribution in [2.45, 2.75) is 6.92 Å². The molecule has 0 aliphatic heterocycles. The lowest BCUT2D eigenvalue weighted by molar-refractivity contribution is 0.102. The van der Waals surface area contributed by atoms with Crippen LogP contribution in [0, 0.1) is 6.92 Å². The van der Waals surface area contributed by atoms with Crippen molar-refractivity contribution in [2.75, 3.05) is 5.32 Å². The van der Waals surface area contributed by atoms with Crippen molar-refractivity contribution in [3.05, 3.63) is 43.8 Å². The lowest BCUT2D eigenvalue weighted by Gasteiger charge is -2.06. The van der Waals surface area contributed by atoms with Gasteiger partial charge in [-0.15, -0.1) is 11.3 Å². The first kappa shape index (κ1) is 12.5. The van der Waals surface area contributed by atoms with Gasteiger partial charge in [0.1, 0.15) is 0 Å². The van der Waals surface area contributed by atoms with Gasteiger partial charge in [-0.3, -0.25) is 4.79 Å². The first-order valence-corrected chi connectivity index (χ1v) is 6.79. The minimum atomic E-state index is -0.193. The summed E-state index contributed by atoms with van der Waals surface area (Å²) in [6.45, 7) is 1.89. The van der Waals surface area contributed by atoms with Crippen LogP contribution in [0.25, 0.3) is 0 Å². The zero-order valence-corrected chi connectivity index (χ0v) is 12.0. The smallest absolute Gasteiger partial charge is 0.256 e. The van der Waals surface area contributed by atoms with Crippen LogP contribution in [-0.4, -0.2) is 10.9 Å². The maximum atomic E-state index is 11.9. The fourth-order valence-corrected chi connectivity index (χ4v) is 2.55. The SMILES string of the molecule is Cc1cnc(Cl)c(NC(=O)c2csc(Br)c2)c1. The van der Waals surface area contributed by atoms with Gasteiger partial charge in [-0.2, -0.15) is 0 Å². The lowest BCUT2D eigenvalue weighted by atomic mass is 10.2. The Bertz CT molecular complexity index is 570. The van der Waals surface area contributed by atoms with Crippen LogP contribution in [0.5, 0.6) is 0 Å². The average molecular weight is 332 g/mol. The van der Waals surface area contributed by atoms with E-state index in [0.29, 0.717) is 16.4 Å². The summed E-state index contributed by atoms with van der Waals surface area (Å²) >= 11 is 10.7. The van der Waals surface area contributed by atoms with Crippen molar-refractivity contribution in [1.29, 1.82) is 0 Å². The van der Waals surface area contributed by atoms with Crippen molar-refractivity contribution in [2.24, 2.45) is 0 Å². The maximum absolute atomic E-state index is 11.9. The van der Waals surface area contributed by atoms with E-state index in [0.717, 1.165) is 9.35 Å². The minimum Gasteiger partial charge on any atom is -0.319 e. The number of aryl methyl sites for hydroxylation is 1. The van der Waals surface area contributed by atoms with Crippen molar-refractivity contribution in [3.63, 3.8) is 0 Å². The molecule has 6 heteroatoms. The third-order valence-corrected chi connectivity index (χ3v) is 3.86. The Labute approximate surface area is 116 Å². The molecule has 0 atom stereocenters. The number of rotatable bonds is 2. The summed E-state index contributed by atoms with van der Waals surface area (Å²) in [5, 5.41) is 4.80. The van der Waals surface area contributed by atoms with Crippen LogP contribution in [0.3, 0.4) is 0 Å². The quantitative estimate of drug-likeness (QED) is 0.841. The van der Waals surface area contributed by atoms with Gasteiger partial charge < -0.3 is 5.32 Å². The molecular weight excluding hydrogens is 324 g/mol. The van der Waals surface area contributed by atoms with E-state index in [1.165, 1.54) is 11.3 Å². The molecule has 0 spiro atoms. The summed E-state index contributed by atoms with van der Waals surface area (Å²) in [5.41, 5.74) is 2.06. The molecule has 2 aromatic rings. The Hall–Kier alpha value is -0.910. The maximum Gasteiger partial charge on any atom is 0.256 e. The van der Waals surface area contributed by atoms with E-state index in [9.17, 15) is 4.79 Å². The summed E-state index contributed by atoms with van der Waals surface area (Å²) in [5.74, 6) is -0.193. The Morgan fingerprint density at radius 2 is 2.29 bits per heavy atom. The highest BCUT2D eigenvalue weighted by molar-refractivity contribution is 9.11. The van der Waals surface area contributed by atoms with Crippen LogP contribution in [-0.2, 0) is 0 Å². The lowest BCUT2D eigenvalue weighted by Crippen LogP contribution is -2.11. The number of carbonyl (C=O) groups excluding carboxylic acids is 1. The third kappa shape index (κ3) is 3.06. The number of halogens is 2. The molecule has 2 aromatic heterocycles. The van der Waals surface area contributed by atoms with Crippen LogP contribution in [0.4, 0.5) is 5.69 Å². The Balaban J connectivity index is 2.21. The Morgan fingerprint density at radius 1 is 1.53 bits per heavy atom. The van der Waals surface area contributed by atoms with Crippen LogP contribution >= 0.6 is 38.9 Å². The number of carbonyl (C=O) groups is 1. The number of aromatic nitrogens is 1. The van der Waals surface area contributed by atoms with Gasteiger partial charge in [0.25, 0.3) is 5.91 Å². The minimum absolute atomic E-state index is 0.193. The van der Waals surface area contributed by atoms with E-state index in [1.54, 1.807) is 23.7 Å². The van der Waals surface area contributed by atoms with E-state index < -0.39 is 0 Å². The molecule has 0 bridgehead atoms. The first-order valence-electron chi connectivity index (χ1n) is 4.74. The molecule has 17 heavy (non-hydrogen) atoms. The number of pyridine rings is 1. The van der Waals surface area contributed by atoms with Crippen LogP contribution in [0.2, 0.25) is 5.15 Å². The van der Waals surface area contributed by atoms with Crippen molar-refractivity contribution < 1.29 is 4.79 Å². The summed E-state index contributed by atoms with van der Waals surface area (Å²) in [4.78, 5) is 15.9. The number of nitrogens with zero attached hydrogens (tertiary/aromatic N) is 1. The predicted molar refractivity (Wildman–Crippen MR) is 74.0 cm³/mol. The van der Waals surface area contributed by atoms with E-state index in [2.05, 4.69) is 26.2 Å². The molecule has 0 unspecified atom stereocenters. The van der Waals surface area contributed by atoms with E-state index >= 15 is 0 Å². The molecular formula is C11H8BrClN2OS. The molecule has 2 heterocycles. The van der Waals surface area contributed by atoms with Gasteiger partial charge in [0.15, 0.2) is 5.15 Å². The number of nitrogens with one attached hydrogen (secondary N) is 1. The van der Waals surface area contributed by atoms with Gasteiger partial charge in [-0.1, -0.05) is 11.6 Å². The number of hydrogen-bond acceptors (Lipinski definition) is 3. The van der Waals surface area contributed by atoms with E-state index in [1.807, 2.05) is 6.92 Å². The van der Waals surface area contributed by atoms with Gasteiger partial charge in [0.05, 0.1) is 15.0 Å². The van der Waals surface area contributed by atoms with Crippen LogP contribution < -0.4 is 5.32 Å². The fourth-order valence-electron chi connectivity index (χ4n) is 1.26. The summed E-state index contributed by atoms with van der Waals surface area (Å²) in [6.07, 6.45) is 1.65. The van der Waals surface area contributed by atoms with Gasteiger partial charge in [-0.25, -0.2) is 4.98 Å². The zero-order chi connectivity index (χ0) is 12.4. The highest BCUT2D eigenvalue weighted by atomic mass is 79.9. The molecule has 0 radical (unpaired) electrons. The second-order valence-corrected chi connectivity index (χ2v) is 6.09. The van der Waals surface area contributed by atoms with Gasteiger partial charge in [-0.05, 0) is 40.5 Å². The molecule has 0 saturated carbocycles. The van der Waals surface area contributed by atoms with Crippen LogP contribution in [0.1, 0.15) is 15.9 Å². The molecule has 88 valence electrons. The molecule has 2 rings (SSSR count). The van der Waals surface area contributed by atoms with E-state index in [-0.39, 0.29) is 5.91 Å². The van der Waals surface area contributed by atoms with Crippen molar-refractivity contribution >= 4 is 50.5 Å². The summed E-state index contributed by atoms with van der Waals surface area (Å²) in [7, 11) is 0. The monoisotopic (exact) mass is 330 g/mol. The van der Waals surface area contributed by atoms with Gasteiger partial charge in [0.2, 0.25) is 0 Å². The number of amides is 1. The molecule has 0 fully saturated rings. The molecule has 0 aliphatic carbocycles.